The van der Waals surface area contributed by atoms with Crippen LogP contribution in [0.2, 0.25) is 0 Å². The van der Waals surface area contributed by atoms with Crippen molar-refractivity contribution in [1.82, 2.24) is 0 Å². The van der Waals surface area contributed by atoms with E-state index in [-0.39, 0.29) is 24.4 Å². The summed E-state index contributed by atoms with van der Waals surface area (Å²) in [5.41, 5.74) is 2.98. The fraction of sp³-hybridized carbons (Fsp3) is 0.222. The Morgan fingerprint density at radius 3 is 2.17 bits per heavy atom. The predicted octanol–water partition coefficient (Wildman–Crippen LogP) is 6.90. The molecular weight excluding hydrogens is 372 g/mol. The van der Waals surface area contributed by atoms with Gasteiger partial charge in [-0.25, -0.2) is 0 Å². The van der Waals surface area contributed by atoms with Crippen molar-refractivity contribution in [2.45, 2.75) is 27.4 Å². The average Bonchev–Trinajstić information content (AvgIpc) is 2.74. The molecule has 3 aromatic carbocycles. The zero-order chi connectivity index (χ0) is 21.3. The van der Waals surface area contributed by atoms with Crippen molar-refractivity contribution in [3.05, 3.63) is 102 Å². The van der Waals surface area contributed by atoms with Crippen molar-refractivity contribution >= 4 is 12.0 Å². The standard InChI is InChI=1S/C27H28O3/c1-20(2)26(21(3)17-22-11-6-4-7-12-22)27(28)29-19-23-13-10-16-25(18-23)30-24-14-8-5-9-15-24/h4-18,20,26H,19H2,1-3H3. The maximum Gasteiger partial charge on any atom is 0.313 e. The number of para-hydroxylation sites is 1. The van der Waals surface area contributed by atoms with Crippen LogP contribution in [-0.4, -0.2) is 5.97 Å². The molecule has 0 heterocycles. The predicted molar refractivity (Wildman–Crippen MR) is 121 cm³/mol. The first-order valence-electron chi connectivity index (χ1n) is 10.2. The van der Waals surface area contributed by atoms with E-state index >= 15 is 0 Å². The van der Waals surface area contributed by atoms with Crippen LogP contribution in [0.4, 0.5) is 0 Å². The van der Waals surface area contributed by atoms with Crippen molar-refractivity contribution < 1.29 is 14.3 Å². The topological polar surface area (TPSA) is 35.5 Å². The van der Waals surface area contributed by atoms with Gasteiger partial charge >= 0.3 is 5.97 Å². The van der Waals surface area contributed by atoms with Gasteiger partial charge in [0.25, 0.3) is 0 Å². The minimum atomic E-state index is -0.283. The van der Waals surface area contributed by atoms with Gasteiger partial charge < -0.3 is 9.47 Å². The van der Waals surface area contributed by atoms with E-state index < -0.39 is 0 Å². The molecule has 0 saturated heterocycles. The molecule has 30 heavy (non-hydrogen) atoms. The molecule has 0 aliphatic heterocycles. The Morgan fingerprint density at radius 2 is 1.50 bits per heavy atom. The lowest BCUT2D eigenvalue weighted by atomic mass is 9.88. The molecular formula is C27H28O3. The third-order valence-corrected chi connectivity index (χ3v) is 4.86. The van der Waals surface area contributed by atoms with Crippen molar-refractivity contribution in [2.24, 2.45) is 11.8 Å². The van der Waals surface area contributed by atoms with Crippen LogP contribution in [0.1, 0.15) is 31.9 Å². The summed E-state index contributed by atoms with van der Waals surface area (Å²) in [6.45, 7) is 6.30. The number of esters is 1. The summed E-state index contributed by atoms with van der Waals surface area (Å²) in [4.78, 5) is 12.9. The third kappa shape index (κ3) is 6.08. The molecule has 3 nitrogen and oxygen atoms in total. The average molecular weight is 401 g/mol. The van der Waals surface area contributed by atoms with Gasteiger partial charge in [-0.05, 0) is 48.2 Å². The Kier molecular flexibility index (Phi) is 7.45. The highest BCUT2D eigenvalue weighted by Gasteiger charge is 2.25. The Hall–Kier alpha value is -3.33. The zero-order valence-electron chi connectivity index (χ0n) is 17.7. The van der Waals surface area contributed by atoms with E-state index in [1.165, 1.54) is 0 Å². The van der Waals surface area contributed by atoms with Crippen LogP contribution < -0.4 is 4.74 Å². The van der Waals surface area contributed by atoms with E-state index in [1.54, 1.807) is 0 Å². The van der Waals surface area contributed by atoms with E-state index in [9.17, 15) is 4.79 Å². The normalized spacial score (nSPS) is 12.5. The van der Waals surface area contributed by atoms with E-state index in [0.717, 1.165) is 28.2 Å². The van der Waals surface area contributed by atoms with Gasteiger partial charge in [-0.15, -0.1) is 0 Å². The first-order valence-corrected chi connectivity index (χ1v) is 10.2. The van der Waals surface area contributed by atoms with Gasteiger partial charge in [0.05, 0.1) is 5.92 Å². The van der Waals surface area contributed by atoms with Crippen LogP contribution in [0.3, 0.4) is 0 Å². The van der Waals surface area contributed by atoms with Crippen molar-refractivity contribution in [3.63, 3.8) is 0 Å². The quantitative estimate of drug-likeness (QED) is 0.386. The van der Waals surface area contributed by atoms with E-state index in [2.05, 4.69) is 6.08 Å². The first kappa shape index (κ1) is 21.4. The summed E-state index contributed by atoms with van der Waals surface area (Å²) in [5, 5.41) is 0. The molecule has 0 aromatic heterocycles. The molecule has 3 rings (SSSR count). The van der Waals surface area contributed by atoms with Crippen LogP contribution in [0, 0.1) is 11.8 Å². The Balaban J connectivity index is 1.66. The van der Waals surface area contributed by atoms with Gasteiger partial charge in [-0.1, -0.05) is 86.2 Å². The van der Waals surface area contributed by atoms with Crippen LogP contribution in [0.5, 0.6) is 11.5 Å². The van der Waals surface area contributed by atoms with E-state index in [0.29, 0.717) is 0 Å². The summed E-state index contributed by atoms with van der Waals surface area (Å²) < 4.78 is 11.5. The molecule has 0 aliphatic rings. The van der Waals surface area contributed by atoms with E-state index in [4.69, 9.17) is 9.47 Å². The summed E-state index contributed by atoms with van der Waals surface area (Å²) >= 11 is 0. The van der Waals surface area contributed by atoms with Gasteiger partial charge in [0, 0.05) is 0 Å². The van der Waals surface area contributed by atoms with Crippen LogP contribution in [0.15, 0.2) is 90.5 Å². The fourth-order valence-corrected chi connectivity index (χ4v) is 3.45. The Bertz CT molecular complexity index is 975. The number of hydrogen-bond donors (Lipinski definition) is 0. The van der Waals surface area contributed by atoms with Gasteiger partial charge in [0.15, 0.2) is 0 Å². The van der Waals surface area contributed by atoms with Crippen LogP contribution in [-0.2, 0) is 16.1 Å². The molecule has 0 N–H and O–H groups in total. The SMILES string of the molecule is CC(=Cc1ccccc1)C(C(=O)OCc1cccc(Oc2ccccc2)c1)C(C)C. The molecule has 0 spiro atoms. The van der Waals surface area contributed by atoms with Gasteiger partial charge in [0.2, 0.25) is 0 Å². The zero-order valence-corrected chi connectivity index (χ0v) is 17.7. The lowest BCUT2D eigenvalue weighted by Gasteiger charge is -2.20. The molecule has 0 fully saturated rings. The van der Waals surface area contributed by atoms with E-state index in [1.807, 2.05) is 106 Å². The second-order valence-corrected chi connectivity index (χ2v) is 7.69. The molecule has 3 aromatic rings. The second kappa shape index (κ2) is 10.4. The highest BCUT2D eigenvalue weighted by Crippen LogP contribution is 2.26. The molecule has 154 valence electrons. The largest absolute Gasteiger partial charge is 0.460 e. The van der Waals surface area contributed by atoms with Crippen LogP contribution >= 0.6 is 0 Å². The molecule has 0 radical (unpaired) electrons. The summed E-state index contributed by atoms with van der Waals surface area (Å²) in [5.74, 6) is 1.15. The van der Waals surface area contributed by atoms with Crippen molar-refractivity contribution in [3.8, 4) is 11.5 Å². The Labute approximate surface area is 179 Å². The lowest BCUT2D eigenvalue weighted by molar-refractivity contribution is -0.149. The molecule has 3 heteroatoms. The van der Waals surface area contributed by atoms with Crippen molar-refractivity contribution in [1.29, 1.82) is 0 Å². The maximum atomic E-state index is 12.9. The maximum absolute atomic E-state index is 12.9. The first-order chi connectivity index (χ1) is 14.5. The summed E-state index contributed by atoms with van der Waals surface area (Å²) in [7, 11) is 0. The van der Waals surface area contributed by atoms with Gasteiger partial charge in [-0.2, -0.15) is 0 Å². The highest BCUT2D eigenvalue weighted by molar-refractivity contribution is 5.78. The highest BCUT2D eigenvalue weighted by atomic mass is 16.5. The van der Waals surface area contributed by atoms with Gasteiger partial charge in [-0.3, -0.25) is 4.79 Å². The molecule has 0 bridgehead atoms. The number of carbonyl (C=O) groups excluding carboxylic acids is 1. The molecule has 0 amide bonds. The molecule has 0 saturated carbocycles. The molecule has 1 atom stereocenters. The second-order valence-electron chi connectivity index (χ2n) is 7.69. The number of hydrogen-bond acceptors (Lipinski definition) is 3. The number of rotatable bonds is 8. The summed E-state index contributed by atoms with van der Waals surface area (Å²) in [6, 6.07) is 27.3. The fourth-order valence-electron chi connectivity index (χ4n) is 3.45. The number of carbonyl (C=O) groups is 1. The minimum Gasteiger partial charge on any atom is -0.460 e. The van der Waals surface area contributed by atoms with Gasteiger partial charge in [0.1, 0.15) is 18.1 Å². The third-order valence-electron chi connectivity index (χ3n) is 4.86. The smallest absolute Gasteiger partial charge is 0.313 e. The van der Waals surface area contributed by atoms with Crippen molar-refractivity contribution in [2.75, 3.05) is 0 Å². The number of ether oxygens (including phenoxy) is 2. The summed E-state index contributed by atoms with van der Waals surface area (Å²) in [6.07, 6.45) is 2.06. The lowest BCUT2D eigenvalue weighted by Crippen LogP contribution is -2.23. The molecule has 1 unspecified atom stereocenters. The number of benzene rings is 3. The van der Waals surface area contributed by atoms with Crippen LogP contribution in [0.25, 0.3) is 6.08 Å². The monoisotopic (exact) mass is 400 g/mol. The Morgan fingerprint density at radius 1 is 0.867 bits per heavy atom. The molecule has 0 aliphatic carbocycles. The minimum absolute atomic E-state index is 0.144.